The molecule has 1 N–H and O–H groups in total. The molecule has 20 aromatic carbocycles. The maximum atomic E-state index is 12.6. The fraction of sp³-hybridized carbons (Fsp3) is 0.00826. The molecule has 0 saturated carbocycles. The van der Waals surface area contributed by atoms with Gasteiger partial charge in [-0.1, -0.05) is 419 Å². The van der Waals surface area contributed by atoms with E-state index >= 15 is 0 Å². The van der Waals surface area contributed by atoms with E-state index in [0.29, 0.717) is 5.52 Å². The van der Waals surface area contributed by atoms with Crippen molar-refractivity contribution in [3.05, 3.63) is 510 Å². The van der Waals surface area contributed by atoms with Gasteiger partial charge in [-0.05, 0) is 171 Å². The molecule has 0 unspecified atom stereocenters. The summed E-state index contributed by atoms with van der Waals surface area (Å²) in [6, 6.07) is 182. The molecular formula is C121H85F3N4O3SSi2. The molecule has 4 aromatic heterocycles. The summed E-state index contributed by atoms with van der Waals surface area (Å²) in [5.74, 6) is -0.384. The van der Waals surface area contributed by atoms with Crippen LogP contribution >= 0.6 is 0 Å². The molecule has 0 aliphatic heterocycles. The van der Waals surface area contributed by atoms with Crippen molar-refractivity contribution in [3.63, 3.8) is 0 Å². The van der Waals surface area contributed by atoms with Gasteiger partial charge in [0.1, 0.15) is 5.75 Å². The van der Waals surface area contributed by atoms with Gasteiger partial charge in [-0.25, -0.2) is 0 Å². The maximum Gasteiger partial charge on any atom is 0.534 e. The van der Waals surface area contributed by atoms with E-state index in [1.165, 1.54) is 136 Å². The van der Waals surface area contributed by atoms with Crippen LogP contribution in [0.2, 0.25) is 0 Å². The third-order valence-electron chi connectivity index (χ3n) is 26.2. The van der Waals surface area contributed by atoms with Crippen molar-refractivity contribution in [1.82, 2.24) is 8.80 Å². The average molecular weight is 1790 g/mol. The number of halogens is 3. The Labute approximate surface area is 776 Å². The molecule has 0 radical (unpaired) electrons. The van der Waals surface area contributed by atoms with Crippen LogP contribution in [0.3, 0.4) is 0 Å². The lowest BCUT2D eigenvalue weighted by molar-refractivity contribution is -0.0500. The molecule has 0 aliphatic rings. The zero-order chi connectivity index (χ0) is 90.3. The summed E-state index contributed by atoms with van der Waals surface area (Å²) in [6.07, 6.45) is 0. The van der Waals surface area contributed by atoms with Crippen LogP contribution in [0, 0.1) is 0 Å². The highest BCUT2D eigenvalue weighted by Gasteiger charge is 2.49. The molecule has 0 fully saturated rings. The Morgan fingerprint density at radius 3 is 0.806 bits per heavy atom. The lowest BCUT2D eigenvalue weighted by atomic mass is 10.0. The number of aromatic nitrogens is 2. The minimum absolute atomic E-state index is 0.384. The van der Waals surface area contributed by atoms with E-state index in [4.69, 9.17) is 0 Å². The predicted molar refractivity (Wildman–Crippen MR) is 558 cm³/mol. The summed E-state index contributed by atoms with van der Waals surface area (Å²) >= 11 is 0. The van der Waals surface area contributed by atoms with Crippen LogP contribution < -0.4 is 55.9 Å². The maximum absolute atomic E-state index is 12.6. The van der Waals surface area contributed by atoms with Crippen LogP contribution in [0.4, 0.5) is 41.6 Å². The van der Waals surface area contributed by atoms with Gasteiger partial charge >= 0.3 is 15.6 Å². The average Bonchev–Trinajstić information content (AvgIpc) is 1.51. The number of nitrogens with one attached hydrogen (secondary N) is 1. The van der Waals surface area contributed by atoms with E-state index in [0.717, 1.165) is 61.0 Å². The van der Waals surface area contributed by atoms with Crippen LogP contribution in [-0.2, 0) is 10.1 Å². The van der Waals surface area contributed by atoms with Gasteiger partial charge < -0.3 is 23.2 Å². The first kappa shape index (κ1) is 83.2. The molecule has 0 spiro atoms. The van der Waals surface area contributed by atoms with Gasteiger partial charge in [0.15, 0.2) is 16.1 Å². The molecule has 642 valence electrons. The largest absolute Gasteiger partial charge is 0.534 e. The molecule has 134 heavy (non-hydrogen) atoms. The number of anilines is 5. The quantitative estimate of drug-likeness (QED) is 0.0378. The summed E-state index contributed by atoms with van der Waals surface area (Å²) < 4.78 is 69.3. The number of alkyl halides is 3. The van der Waals surface area contributed by atoms with E-state index in [9.17, 15) is 21.6 Å². The van der Waals surface area contributed by atoms with Crippen molar-refractivity contribution in [1.29, 1.82) is 0 Å². The number of benzene rings is 20. The normalized spacial score (nSPS) is 11.9. The number of para-hydroxylation sites is 4. The Bertz CT molecular complexity index is 8210. The number of rotatable bonds is 19. The smallest absolute Gasteiger partial charge is 0.376 e. The van der Waals surface area contributed by atoms with Crippen LogP contribution in [-0.4, -0.2) is 38.9 Å². The van der Waals surface area contributed by atoms with Gasteiger partial charge in [-0.3, -0.25) is 0 Å². The van der Waals surface area contributed by atoms with E-state index < -0.39 is 31.8 Å². The zero-order valence-electron chi connectivity index (χ0n) is 72.6. The second-order valence-corrected chi connectivity index (χ2v) is 42.9. The Morgan fingerprint density at radius 1 is 0.231 bits per heavy atom. The first-order valence-electron chi connectivity index (χ1n) is 44.8. The van der Waals surface area contributed by atoms with Crippen molar-refractivity contribution < 1.29 is 25.8 Å². The molecule has 0 saturated heterocycles. The molecule has 7 nitrogen and oxygen atoms in total. The minimum Gasteiger partial charge on any atom is -0.376 e. The highest BCUT2D eigenvalue weighted by atomic mass is 32.2. The monoisotopic (exact) mass is 1790 g/mol. The first-order valence-corrected chi connectivity index (χ1v) is 50.2. The van der Waals surface area contributed by atoms with Crippen molar-refractivity contribution >= 4 is 172 Å². The standard InChI is InChI=1S/C60H42N2Si.C42H33NSi.C19H10F3NO3S/c1-5-16-43(17-6-1)44-28-34-47(35-29-44)61(49-38-41-55-57-26-15-25-56-54-24-13-14-27-58(54)62(60(56)57)59(55)42-49)48-36-30-45(31-37-48)46-32-39-53(40-33-46)63(50-18-7-2-8-19-50,51-20-9-3-10-21-51)52-22-11-4-12-23-52;1-5-13-33(14-6-1)34-21-27-37(28-22-34)43-38-29-23-35(24-30-38)36-25-31-42(32-26-36)44(39-15-7-2-8-16-39,40-17-9-3-10-18-40)41-19-11-4-12-20-41;20-19(21,22)27(24,25)26-11-8-9-13-15-6-3-5-14-12-4-1-2-7-16(12)23(18(14)15)17(13)10-11/h1-42H;1-32,43H;1-10H. The first-order chi connectivity index (χ1) is 65.8. The summed E-state index contributed by atoms with van der Waals surface area (Å²) in [7, 11) is -10.8. The van der Waals surface area contributed by atoms with Crippen LogP contribution in [0.1, 0.15) is 0 Å². The second kappa shape index (κ2) is 35.1. The van der Waals surface area contributed by atoms with Gasteiger partial charge in [0, 0.05) is 77.6 Å². The fourth-order valence-corrected chi connectivity index (χ4v) is 30.1. The number of hydrogen-bond acceptors (Lipinski definition) is 5. The molecular weight excluding hydrogens is 1700 g/mol. The highest BCUT2D eigenvalue weighted by Crippen LogP contribution is 2.45. The topological polar surface area (TPSA) is 67.5 Å². The molecule has 4 heterocycles. The van der Waals surface area contributed by atoms with E-state index in [-0.39, 0.29) is 5.75 Å². The molecule has 13 heteroatoms. The SMILES string of the molecule is O=S(=O)(Oc1ccc2c3cccc4c5ccccc5n(c2c1)c43)C(F)(F)F.c1ccc(-c2ccc(N(c3ccc(-c4ccc([Si](c5ccccc5)(c5ccccc5)c5ccccc5)cc4)cc3)c3ccc4c5cccc6c7ccccc7n(c4c3)c65)cc2)cc1.c1ccc(-c2ccc(Nc3ccc(-c4ccc([Si](c5ccccc5)(c5ccccc5)c5ccccc5)cc4)cc3)cc2)cc1. The molecule has 0 atom stereocenters. The molecule has 0 bridgehead atoms. The lowest BCUT2D eigenvalue weighted by Gasteiger charge is -2.34. The van der Waals surface area contributed by atoms with Gasteiger partial charge in [0.25, 0.3) is 0 Å². The highest BCUT2D eigenvalue weighted by molar-refractivity contribution is 7.88. The zero-order valence-corrected chi connectivity index (χ0v) is 75.4. The van der Waals surface area contributed by atoms with Gasteiger partial charge in [0.05, 0.1) is 33.1 Å². The Balaban J connectivity index is 0.000000127. The summed E-state index contributed by atoms with van der Waals surface area (Å²) in [5.41, 5.74) is 15.8. The molecule has 24 aromatic rings. The fourth-order valence-electron chi connectivity index (χ4n) is 20.1. The number of hydrogen-bond donors (Lipinski definition) is 1. The number of nitrogens with zero attached hydrogens (tertiary/aromatic N) is 3. The van der Waals surface area contributed by atoms with Crippen molar-refractivity contribution in [3.8, 4) is 50.3 Å². The van der Waals surface area contributed by atoms with Gasteiger partial charge in [-0.15, -0.1) is 0 Å². The van der Waals surface area contributed by atoms with Gasteiger partial charge in [-0.2, -0.15) is 21.6 Å². The predicted octanol–water partition coefficient (Wildman–Crippen LogP) is 26.2. The summed E-state index contributed by atoms with van der Waals surface area (Å²) in [5, 5.41) is 23.5. The summed E-state index contributed by atoms with van der Waals surface area (Å²) in [4.78, 5) is 2.40. The lowest BCUT2D eigenvalue weighted by Crippen LogP contribution is -2.74. The van der Waals surface area contributed by atoms with Crippen molar-refractivity contribution in [2.45, 2.75) is 5.51 Å². The Kier molecular flexibility index (Phi) is 21.8. The third-order valence-corrected chi connectivity index (χ3v) is 36.8. The Morgan fingerprint density at radius 2 is 0.478 bits per heavy atom. The van der Waals surface area contributed by atoms with E-state index in [1.807, 2.05) is 52.9 Å². The van der Waals surface area contributed by atoms with Gasteiger partial charge in [0.2, 0.25) is 0 Å². The number of fused-ring (bicyclic) bond motifs is 12. The Hall–Kier alpha value is -16.4. The molecule has 0 aliphatic carbocycles. The van der Waals surface area contributed by atoms with Crippen LogP contribution in [0.5, 0.6) is 5.75 Å². The molecule has 24 rings (SSSR count). The van der Waals surface area contributed by atoms with Crippen LogP contribution in [0.15, 0.2) is 510 Å². The van der Waals surface area contributed by atoms with Crippen LogP contribution in [0.25, 0.3) is 121 Å². The third kappa shape index (κ3) is 15.0. The summed E-state index contributed by atoms with van der Waals surface area (Å²) in [6.45, 7) is 0. The van der Waals surface area contributed by atoms with E-state index in [2.05, 4.69) is 462 Å². The minimum atomic E-state index is -5.73. The van der Waals surface area contributed by atoms with Crippen molar-refractivity contribution in [2.75, 3.05) is 10.2 Å². The van der Waals surface area contributed by atoms with E-state index in [1.54, 1.807) is 6.07 Å². The van der Waals surface area contributed by atoms with Crippen molar-refractivity contribution in [2.24, 2.45) is 0 Å². The second-order valence-electron chi connectivity index (χ2n) is 33.8. The molecule has 0 amide bonds.